The van der Waals surface area contributed by atoms with Crippen molar-refractivity contribution in [3.05, 3.63) is 0 Å². The number of hydrogen-bond acceptors (Lipinski definition) is 4. The van der Waals surface area contributed by atoms with Crippen LogP contribution in [0.2, 0.25) is 0 Å². The maximum atomic E-state index is 11.8. The van der Waals surface area contributed by atoms with Crippen LogP contribution in [-0.2, 0) is 14.3 Å². The van der Waals surface area contributed by atoms with Gasteiger partial charge < -0.3 is 14.6 Å². The van der Waals surface area contributed by atoms with Crippen LogP contribution in [0, 0.1) is 10.8 Å². The van der Waals surface area contributed by atoms with Crippen molar-refractivity contribution in [1.29, 1.82) is 0 Å². The maximum absolute atomic E-state index is 11.8. The minimum atomic E-state index is -0.453. The van der Waals surface area contributed by atoms with Gasteiger partial charge in [-0.15, -0.1) is 0 Å². The highest BCUT2D eigenvalue weighted by atomic mass is 16.6. The molecular formula is C16H32O4. The molecule has 0 radical (unpaired) electrons. The van der Waals surface area contributed by atoms with Gasteiger partial charge in [0.1, 0.15) is 5.60 Å². The molecule has 1 unspecified atom stereocenters. The fourth-order valence-corrected chi connectivity index (χ4v) is 1.65. The van der Waals surface area contributed by atoms with Gasteiger partial charge in [0.25, 0.3) is 0 Å². The molecule has 0 spiro atoms. The summed E-state index contributed by atoms with van der Waals surface area (Å²) in [7, 11) is 0. The third kappa shape index (κ3) is 8.54. The van der Waals surface area contributed by atoms with Gasteiger partial charge in [-0.1, -0.05) is 27.7 Å². The van der Waals surface area contributed by atoms with Gasteiger partial charge in [-0.05, 0) is 32.6 Å². The molecule has 0 aliphatic rings. The summed E-state index contributed by atoms with van der Waals surface area (Å²) in [4.78, 5) is 11.8. The molecule has 0 heterocycles. The molecule has 0 aromatic heterocycles. The summed E-state index contributed by atoms with van der Waals surface area (Å²) in [6.45, 7) is 14.7. The fraction of sp³-hybridized carbons (Fsp3) is 0.938. The van der Waals surface area contributed by atoms with Crippen LogP contribution in [0.4, 0.5) is 0 Å². The third-order valence-electron chi connectivity index (χ3n) is 3.22. The Bertz CT molecular complexity index is 298. The largest absolute Gasteiger partial charge is 0.460 e. The maximum Gasteiger partial charge on any atom is 0.306 e. The standard InChI is InChI=1S/C16H32O4/c1-8-16(7,10-17)12-19-11-15(5,6)9-13(18)20-14(2,3)4/h17H,8-12H2,1-7H3. The summed E-state index contributed by atoms with van der Waals surface area (Å²) in [5, 5.41) is 9.33. The number of carbonyl (C=O) groups excluding carboxylic acids is 1. The van der Waals surface area contributed by atoms with E-state index in [1.807, 2.05) is 48.5 Å². The second-order valence-corrected chi connectivity index (χ2v) is 7.74. The number of rotatable bonds is 8. The van der Waals surface area contributed by atoms with Crippen molar-refractivity contribution >= 4 is 5.97 Å². The molecule has 4 heteroatoms. The minimum Gasteiger partial charge on any atom is -0.460 e. The number of hydrogen-bond donors (Lipinski definition) is 1. The van der Waals surface area contributed by atoms with Gasteiger partial charge >= 0.3 is 5.97 Å². The van der Waals surface area contributed by atoms with Crippen molar-refractivity contribution in [2.75, 3.05) is 19.8 Å². The van der Waals surface area contributed by atoms with Crippen molar-refractivity contribution in [1.82, 2.24) is 0 Å². The zero-order chi connectivity index (χ0) is 16.0. The summed E-state index contributed by atoms with van der Waals surface area (Å²) >= 11 is 0. The normalized spacial score (nSPS) is 15.8. The first-order chi connectivity index (χ1) is 8.93. The molecule has 0 fully saturated rings. The Morgan fingerprint density at radius 2 is 1.60 bits per heavy atom. The van der Waals surface area contributed by atoms with Crippen LogP contribution in [0.25, 0.3) is 0 Å². The summed E-state index contributed by atoms with van der Waals surface area (Å²) in [6.07, 6.45) is 1.18. The summed E-state index contributed by atoms with van der Waals surface area (Å²) in [6, 6.07) is 0. The van der Waals surface area contributed by atoms with Gasteiger partial charge in [0.2, 0.25) is 0 Å². The van der Waals surface area contributed by atoms with Crippen LogP contribution >= 0.6 is 0 Å². The van der Waals surface area contributed by atoms with Crippen molar-refractivity contribution in [2.45, 2.75) is 66.9 Å². The van der Waals surface area contributed by atoms with Crippen LogP contribution in [0.15, 0.2) is 0 Å². The molecule has 0 aliphatic heterocycles. The van der Waals surface area contributed by atoms with E-state index in [-0.39, 0.29) is 23.4 Å². The predicted molar refractivity (Wildman–Crippen MR) is 80.5 cm³/mol. The number of esters is 1. The van der Waals surface area contributed by atoms with Crippen molar-refractivity contribution < 1.29 is 19.4 Å². The van der Waals surface area contributed by atoms with E-state index in [0.29, 0.717) is 19.6 Å². The lowest BCUT2D eigenvalue weighted by Gasteiger charge is -2.30. The lowest BCUT2D eigenvalue weighted by atomic mass is 9.88. The molecule has 0 aromatic carbocycles. The molecule has 4 nitrogen and oxygen atoms in total. The van der Waals surface area contributed by atoms with Crippen LogP contribution < -0.4 is 0 Å². The zero-order valence-corrected chi connectivity index (χ0v) is 14.2. The quantitative estimate of drug-likeness (QED) is 0.697. The molecule has 0 rings (SSSR count). The molecular weight excluding hydrogens is 256 g/mol. The van der Waals surface area contributed by atoms with E-state index in [0.717, 1.165) is 6.42 Å². The molecule has 0 amide bonds. The van der Waals surface area contributed by atoms with E-state index in [9.17, 15) is 9.90 Å². The Morgan fingerprint density at radius 3 is 2.00 bits per heavy atom. The Kier molecular flexibility index (Phi) is 7.19. The van der Waals surface area contributed by atoms with Gasteiger partial charge in [0.05, 0.1) is 26.2 Å². The summed E-state index contributed by atoms with van der Waals surface area (Å²) in [5.41, 5.74) is -0.930. The highest BCUT2D eigenvalue weighted by molar-refractivity contribution is 5.70. The zero-order valence-electron chi connectivity index (χ0n) is 14.2. The third-order valence-corrected chi connectivity index (χ3v) is 3.22. The molecule has 0 aromatic rings. The van der Waals surface area contributed by atoms with E-state index in [1.54, 1.807) is 0 Å². The van der Waals surface area contributed by atoms with Gasteiger partial charge in [0, 0.05) is 5.41 Å². The number of carbonyl (C=O) groups is 1. The van der Waals surface area contributed by atoms with Crippen LogP contribution in [0.3, 0.4) is 0 Å². The number of ether oxygens (including phenoxy) is 2. The lowest BCUT2D eigenvalue weighted by molar-refractivity contribution is -0.158. The number of aliphatic hydroxyl groups excluding tert-OH is 1. The summed E-state index contributed by atoms with van der Waals surface area (Å²) in [5.74, 6) is -0.202. The Hall–Kier alpha value is -0.610. The smallest absolute Gasteiger partial charge is 0.306 e. The minimum absolute atomic E-state index is 0.107. The molecule has 0 saturated heterocycles. The van der Waals surface area contributed by atoms with Gasteiger partial charge in [-0.2, -0.15) is 0 Å². The first kappa shape index (κ1) is 19.4. The Balaban J connectivity index is 4.23. The second-order valence-electron chi connectivity index (χ2n) is 7.74. The van der Waals surface area contributed by atoms with E-state index >= 15 is 0 Å². The molecule has 20 heavy (non-hydrogen) atoms. The van der Waals surface area contributed by atoms with Crippen molar-refractivity contribution in [3.63, 3.8) is 0 Å². The fourth-order valence-electron chi connectivity index (χ4n) is 1.65. The molecule has 0 saturated carbocycles. The van der Waals surface area contributed by atoms with Crippen LogP contribution in [-0.4, -0.2) is 36.5 Å². The van der Waals surface area contributed by atoms with E-state index in [1.165, 1.54) is 0 Å². The van der Waals surface area contributed by atoms with E-state index in [4.69, 9.17) is 9.47 Å². The number of aliphatic hydroxyl groups is 1. The van der Waals surface area contributed by atoms with E-state index in [2.05, 4.69) is 0 Å². The average Bonchev–Trinajstić information content (AvgIpc) is 2.24. The summed E-state index contributed by atoms with van der Waals surface area (Å²) < 4.78 is 11.0. The molecule has 0 aliphatic carbocycles. The van der Waals surface area contributed by atoms with E-state index < -0.39 is 5.60 Å². The van der Waals surface area contributed by atoms with Gasteiger partial charge in [-0.25, -0.2) is 0 Å². The lowest BCUT2D eigenvalue weighted by Crippen LogP contribution is -2.32. The first-order valence-corrected chi connectivity index (χ1v) is 7.33. The Labute approximate surface area is 123 Å². The van der Waals surface area contributed by atoms with Gasteiger partial charge in [-0.3, -0.25) is 4.79 Å². The predicted octanol–water partition coefficient (Wildman–Crippen LogP) is 3.17. The van der Waals surface area contributed by atoms with Crippen LogP contribution in [0.5, 0.6) is 0 Å². The monoisotopic (exact) mass is 288 g/mol. The highest BCUT2D eigenvalue weighted by Gasteiger charge is 2.28. The first-order valence-electron chi connectivity index (χ1n) is 7.33. The Morgan fingerprint density at radius 1 is 1.05 bits per heavy atom. The van der Waals surface area contributed by atoms with Crippen molar-refractivity contribution in [3.8, 4) is 0 Å². The average molecular weight is 288 g/mol. The van der Waals surface area contributed by atoms with Crippen LogP contribution in [0.1, 0.15) is 61.3 Å². The topological polar surface area (TPSA) is 55.8 Å². The second kappa shape index (κ2) is 7.41. The van der Waals surface area contributed by atoms with Crippen molar-refractivity contribution in [2.24, 2.45) is 10.8 Å². The molecule has 1 atom stereocenters. The highest BCUT2D eigenvalue weighted by Crippen LogP contribution is 2.26. The molecule has 1 N–H and O–H groups in total. The molecule has 120 valence electrons. The molecule has 0 bridgehead atoms. The van der Waals surface area contributed by atoms with Gasteiger partial charge in [0.15, 0.2) is 0 Å². The SMILES string of the molecule is CCC(C)(CO)COCC(C)(C)CC(=O)OC(C)(C)C.